The van der Waals surface area contributed by atoms with E-state index in [-0.39, 0.29) is 29.9 Å². The van der Waals surface area contributed by atoms with Crippen LogP contribution in [0.4, 0.5) is 10.1 Å². The van der Waals surface area contributed by atoms with E-state index in [1.807, 2.05) is 0 Å². The minimum Gasteiger partial charge on any atom is -0.422 e. The van der Waals surface area contributed by atoms with Crippen LogP contribution in [-0.2, 0) is 17.9 Å². The van der Waals surface area contributed by atoms with Gasteiger partial charge < -0.3 is 4.42 Å². The summed E-state index contributed by atoms with van der Waals surface area (Å²) in [6.07, 6.45) is 1.41. The SMILES string of the molecule is O=C1C(=O)N(Cc2cn(CC(=O)c3cc4cc(Cl)ccc4oc3=O)nn2)c2ccc(F)cc21. The van der Waals surface area contributed by atoms with Crippen LogP contribution < -0.4 is 10.5 Å². The lowest BCUT2D eigenvalue weighted by molar-refractivity contribution is -0.114. The fraction of sp³-hybridized carbons (Fsp3) is 0.0909. The number of carbonyl (C=O) groups excluding carboxylic acids is 3. The molecule has 0 radical (unpaired) electrons. The molecule has 0 saturated carbocycles. The van der Waals surface area contributed by atoms with E-state index in [1.54, 1.807) is 12.1 Å². The Kier molecular flexibility index (Phi) is 4.86. The van der Waals surface area contributed by atoms with E-state index in [1.165, 1.54) is 29.1 Å². The third kappa shape index (κ3) is 3.70. The second-order valence-corrected chi connectivity index (χ2v) is 7.78. The number of anilines is 1. The van der Waals surface area contributed by atoms with E-state index in [0.29, 0.717) is 21.7 Å². The van der Waals surface area contributed by atoms with Crippen LogP contribution in [0.5, 0.6) is 0 Å². The van der Waals surface area contributed by atoms with Crippen LogP contribution >= 0.6 is 11.6 Å². The highest BCUT2D eigenvalue weighted by Crippen LogP contribution is 2.30. The fourth-order valence-corrected chi connectivity index (χ4v) is 3.78. The van der Waals surface area contributed by atoms with Crippen molar-refractivity contribution in [2.45, 2.75) is 13.1 Å². The number of fused-ring (bicyclic) bond motifs is 2. The first-order chi connectivity index (χ1) is 15.8. The minimum absolute atomic E-state index is 0.0225. The van der Waals surface area contributed by atoms with Crippen molar-refractivity contribution in [3.05, 3.63) is 86.7 Å². The summed E-state index contributed by atoms with van der Waals surface area (Å²) in [5.41, 5.74) is -0.124. The highest BCUT2D eigenvalue weighted by Gasteiger charge is 2.36. The number of hydrogen-bond acceptors (Lipinski definition) is 7. The summed E-state index contributed by atoms with van der Waals surface area (Å²) in [5, 5.41) is 8.70. The quantitative estimate of drug-likeness (QED) is 0.252. The van der Waals surface area contributed by atoms with E-state index in [2.05, 4.69) is 10.3 Å². The van der Waals surface area contributed by atoms with Crippen LogP contribution in [0, 0.1) is 5.82 Å². The molecule has 5 rings (SSSR count). The number of carbonyl (C=O) groups is 3. The van der Waals surface area contributed by atoms with E-state index in [0.717, 1.165) is 17.0 Å². The van der Waals surface area contributed by atoms with E-state index >= 15 is 0 Å². The number of Topliss-reactive ketones (excluding diaryl/α,β-unsaturated/α-hetero) is 2. The number of halogens is 2. The largest absolute Gasteiger partial charge is 0.422 e. The number of benzene rings is 2. The molecule has 2 aromatic carbocycles. The number of amides is 1. The van der Waals surface area contributed by atoms with Crippen molar-refractivity contribution in [3.63, 3.8) is 0 Å². The predicted molar refractivity (Wildman–Crippen MR) is 114 cm³/mol. The normalized spacial score (nSPS) is 13.1. The minimum atomic E-state index is -0.811. The Morgan fingerprint density at radius 2 is 1.91 bits per heavy atom. The summed E-state index contributed by atoms with van der Waals surface area (Å²) in [5.74, 6) is -2.80. The Morgan fingerprint density at radius 3 is 2.73 bits per heavy atom. The molecule has 0 N–H and O–H groups in total. The van der Waals surface area contributed by atoms with Crippen molar-refractivity contribution in [2.75, 3.05) is 4.90 Å². The first kappa shape index (κ1) is 20.7. The predicted octanol–water partition coefficient (Wildman–Crippen LogP) is 2.79. The zero-order valence-electron chi connectivity index (χ0n) is 16.6. The number of ketones is 2. The van der Waals surface area contributed by atoms with E-state index < -0.39 is 28.9 Å². The number of nitrogens with zero attached hydrogens (tertiary/aromatic N) is 4. The van der Waals surface area contributed by atoms with Gasteiger partial charge in [-0.15, -0.1) is 5.10 Å². The standard InChI is InChI=1S/C22H12ClFN4O5/c23-12-1-4-19-11(5-12)6-16(22(32)33-19)18(29)10-27-8-14(25-26-27)9-28-17-3-2-13(24)7-15(17)20(30)21(28)31/h1-8H,9-10H2. The molecule has 0 atom stereocenters. The average molecular weight is 467 g/mol. The van der Waals surface area contributed by atoms with Crippen LogP contribution in [0.25, 0.3) is 11.0 Å². The Hall–Kier alpha value is -4.18. The molecular formula is C22H12ClFN4O5. The molecule has 11 heteroatoms. The van der Waals surface area contributed by atoms with Gasteiger partial charge in [-0.1, -0.05) is 16.8 Å². The summed E-state index contributed by atoms with van der Waals surface area (Å²) in [6, 6.07) is 9.57. The zero-order valence-corrected chi connectivity index (χ0v) is 17.4. The van der Waals surface area contributed by atoms with Crippen molar-refractivity contribution in [2.24, 2.45) is 0 Å². The molecule has 9 nitrogen and oxygen atoms in total. The monoisotopic (exact) mass is 466 g/mol. The molecule has 3 heterocycles. The summed E-state index contributed by atoms with van der Waals surface area (Å²) in [7, 11) is 0. The Labute approximate surface area is 189 Å². The second-order valence-electron chi connectivity index (χ2n) is 7.34. The molecule has 1 amide bonds. The Morgan fingerprint density at radius 1 is 1.09 bits per heavy atom. The maximum Gasteiger partial charge on any atom is 0.347 e. The lowest BCUT2D eigenvalue weighted by atomic mass is 10.1. The number of rotatable bonds is 5. The lowest BCUT2D eigenvalue weighted by Crippen LogP contribution is -2.29. The molecule has 0 spiro atoms. The molecule has 0 saturated heterocycles. The van der Waals surface area contributed by atoms with Crippen LogP contribution in [0.3, 0.4) is 0 Å². The van der Waals surface area contributed by atoms with Crippen LogP contribution in [-0.4, -0.2) is 32.5 Å². The molecule has 1 aliphatic heterocycles. The summed E-state index contributed by atoms with van der Waals surface area (Å²) < 4.78 is 19.8. The molecule has 1 aliphatic rings. The Balaban J connectivity index is 1.36. The number of aromatic nitrogens is 3. The van der Waals surface area contributed by atoms with Gasteiger partial charge in [0.25, 0.3) is 11.7 Å². The van der Waals surface area contributed by atoms with Crippen LogP contribution in [0.2, 0.25) is 5.02 Å². The van der Waals surface area contributed by atoms with E-state index in [9.17, 15) is 23.6 Å². The topological polar surface area (TPSA) is 115 Å². The maximum atomic E-state index is 13.4. The molecule has 0 bridgehead atoms. The van der Waals surface area contributed by atoms with Crippen molar-refractivity contribution in [1.82, 2.24) is 15.0 Å². The van der Waals surface area contributed by atoms with Gasteiger partial charge in [0.2, 0.25) is 0 Å². The third-order valence-corrected chi connectivity index (χ3v) is 5.37. The van der Waals surface area contributed by atoms with Gasteiger partial charge >= 0.3 is 5.63 Å². The molecular weight excluding hydrogens is 455 g/mol. The second kappa shape index (κ2) is 7.75. The van der Waals surface area contributed by atoms with Gasteiger partial charge in [0.15, 0.2) is 5.78 Å². The van der Waals surface area contributed by atoms with Crippen LogP contribution in [0.15, 0.2) is 57.9 Å². The smallest absolute Gasteiger partial charge is 0.347 e. The van der Waals surface area contributed by atoms with Gasteiger partial charge in [0.1, 0.15) is 29.2 Å². The van der Waals surface area contributed by atoms with E-state index in [4.69, 9.17) is 16.0 Å². The van der Waals surface area contributed by atoms with Gasteiger partial charge in [-0.25, -0.2) is 13.9 Å². The molecule has 0 unspecified atom stereocenters. The van der Waals surface area contributed by atoms with Gasteiger partial charge in [0, 0.05) is 10.4 Å². The highest BCUT2D eigenvalue weighted by molar-refractivity contribution is 6.52. The zero-order chi connectivity index (χ0) is 23.3. The Bertz CT molecular complexity index is 1540. The van der Waals surface area contributed by atoms with Crippen molar-refractivity contribution < 1.29 is 23.2 Å². The van der Waals surface area contributed by atoms with Gasteiger partial charge in [-0.05, 0) is 42.5 Å². The summed E-state index contributed by atoms with van der Waals surface area (Å²) in [6.45, 7) is -0.410. The van der Waals surface area contributed by atoms with Gasteiger partial charge in [-0.2, -0.15) is 0 Å². The van der Waals surface area contributed by atoms with Crippen molar-refractivity contribution in [1.29, 1.82) is 0 Å². The molecule has 0 fully saturated rings. The molecule has 2 aromatic heterocycles. The maximum absolute atomic E-state index is 13.4. The lowest BCUT2D eigenvalue weighted by Gasteiger charge is -2.14. The number of hydrogen-bond donors (Lipinski definition) is 0. The molecule has 4 aromatic rings. The van der Waals surface area contributed by atoms with Crippen LogP contribution in [0.1, 0.15) is 26.4 Å². The van der Waals surface area contributed by atoms with Gasteiger partial charge in [-0.3, -0.25) is 19.3 Å². The molecule has 0 aliphatic carbocycles. The van der Waals surface area contributed by atoms with Crippen molar-refractivity contribution >= 4 is 45.7 Å². The first-order valence-electron chi connectivity index (χ1n) is 9.61. The molecule has 33 heavy (non-hydrogen) atoms. The highest BCUT2D eigenvalue weighted by atomic mass is 35.5. The first-order valence-corrected chi connectivity index (χ1v) is 9.99. The fourth-order valence-electron chi connectivity index (χ4n) is 3.60. The van der Waals surface area contributed by atoms with Crippen molar-refractivity contribution in [3.8, 4) is 0 Å². The third-order valence-electron chi connectivity index (χ3n) is 5.14. The average Bonchev–Trinajstić information content (AvgIpc) is 3.31. The summed E-state index contributed by atoms with van der Waals surface area (Å²) in [4.78, 5) is 50.5. The van der Waals surface area contributed by atoms with Gasteiger partial charge in [0.05, 0.1) is 24.0 Å². The molecule has 164 valence electrons. The summed E-state index contributed by atoms with van der Waals surface area (Å²) >= 11 is 5.96.